The van der Waals surface area contributed by atoms with E-state index in [4.69, 9.17) is 24.2 Å². The van der Waals surface area contributed by atoms with Crippen LogP contribution in [-0.2, 0) is 54.7 Å². The predicted octanol–water partition coefficient (Wildman–Crippen LogP) is 9.69. The van der Waals surface area contributed by atoms with Crippen LogP contribution in [-0.4, -0.2) is 99.4 Å². The standard InChI is InChI=1S/C58H62N6O11S3/c1-34-21-44-46(60-30-41-25-38-12-8-10-14-48(38)63(41)56(44)68)28-50(34)74-32-36-22-37(33-75-52-29-47-45(27-51(52)72-6)57(69)64-42(31-61-47)26-39-13-9-11-15-49(39)64)24-40(23-36)62-54(66)35(2)20-43(65)16-18-58(3,4)77-76-19-17-53(55(67)59-5)78(70,71)73-7/h8-15,21-24,27-31,35,41-42,53H,16-20,25-26,32-33H2,1-7H3,(H,59,67)(H,62,66)/t35-,41+,42+,53?/m1/s1. The summed E-state index contributed by atoms with van der Waals surface area (Å²) in [6.07, 6.45) is 5.72. The van der Waals surface area contributed by atoms with Gasteiger partial charge in [0, 0.05) is 90.8 Å². The second-order valence-electron chi connectivity index (χ2n) is 20.3. The van der Waals surface area contributed by atoms with Crippen LogP contribution >= 0.6 is 21.6 Å². The van der Waals surface area contributed by atoms with Crippen molar-refractivity contribution in [3.63, 3.8) is 0 Å². The van der Waals surface area contributed by atoms with Crippen LogP contribution in [0.2, 0.25) is 0 Å². The molecule has 0 radical (unpaired) electrons. The number of ketones is 1. The molecule has 408 valence electrons. The zero-order valence-corrected chi connectivity index (χ0v) is 46.9. The molecule has 9 rings (SSSR count). The number of carbonyl (C=O) groups excluding carboxylic acids is 5. The van der Waals surface area contributed by atoms with Crippen molar-refractivity contribution in [2.24, 2.45) is 15.9 Å². The molecular formula is C58H62N6O11S3. The summed E-state index contributed by atoms with van der Waals surface area (Å²) < 4.78 is 47.6. The van der Waals surface area contributed by atoms with Gasteiger partial charge in [-0.3, -0.25) is 47.9 Å². The van der Waals surface area contributed by atoms with E-state index in [-0.39, 0.29) is 72.8 Å². The number of fused-ring (bicyclic) bond motifs is 8. The number of amides is 4. The maximum atomic E-state index is 14.1. The molecule has 0 aromatic heterocycles. The molecule has 4 aliphatic rings. The van der Waals surface area contributed by atoms with E-state index in [9.17, 15) is 32.4 Å². The van der Waals surface area contributed by atoms with Crippen molar-refractivity contribution in [1.82, 2.24) is 5.32 Å². The zero-order chi connectivity index (χ0) is 55.5. The summed E-state index contributed by atoms with van der Waals surface area (Å²) in [5.74, 6) is -0.508. The lowest BCUT2D eigenvalue weighted by atomic mass is 9.97. The van der Waals surface area contributed by atoms with Crippen LogP contribution in [0.5, 0.6) is 17.2 Å². The third-order valence-electron chi connectivity index (χ3n) is 14.2. The minimum absolute atomic E-state index is 0.00289. The van der Waals surface area contributed by atoms with Crippen LogP contribution < -0.4 is 34.6 Å². The van der Waals surface area contributed by atoms with Crippen molar-refractivity contribution in [1.29, 1.82) is 0 Å². The van der Waals surface area contributed by atoms with Crippen molar-refractivity contribution in [3.8, 4) is 17.2 Å². The summed E-state index contributed by atoms with van der Waals surface area (Å²) >= 11 is 0. The van der Waals surface area contributed by atoms with Crippen LogP contribution in [0, 0.1) is 12.8 Å². The summed E-state index contributed by atoms with van der Waals surface area (Å²) in [6, 6.07) is 27.7. The highest BCUT2D eigenvalue weighted by atomic mass is 33.1. The van der Waals surface area contributed by atoms with Gasteiger partial charge in [0.2, 0.25) is 11.8 Å². The number of carbonyl (C=O) groups is 5. The van der Waals surface area contributed by atoms with Gasteiger partial charge in [-0.25, -0.2) is 0 Å². The summed E-state index contributed by atoms with van der Waals surface area (Å²) in [4.78, 5) is 80.8. The van der Waals surface area contributed by atoms with Gasteiger partial charge in [0.25, 0.3) is 21.9 Å². The molecule has 0 saturated heterocycles. The summed E-state index contributed by atoms with van der Waals surface area (Å²) in [7, 11) is 2.76. The van der Waals surface area contributed by atoms with Crippen LogP contribution in [0.25, 0.3) is 0 Å². The number of hydrogen-bond acceptors (Lipinski definition) is 15. The van der Waals surface area contributed by atoms with Gasteiger partial charge >= 0.3 is 0 Å². The fraction of sp³-hybridized carbons (Fsp3) is 0.362. The quantitative estimate of drug-likeness (QED) is 0.0376. The topological polar surface area (TPSA) is 212 Å². The molecule has 0 bridgehead atoms. The van der Waals surface area contributed by atoms with Crippen LogP contribution in [0.15, 0.2) is 101 Å². The Bertz CT molecular complexity index is 3360. The zero-order valence-electron chi connectivity index (χ0n) is 44.5. The van der Waals surface area contributed by atoms with Crippen molar-refractivity contribution in [3.05, 3.63) is 130 Å². The molecule has 0 saturated carbocycles. The summed E-state index contributed by atoms with van der Waals surface area (Å²) in [6.45, 7) is 7.64. The Hall–Kier alpha value is -7.00. The highest BCUT2D eigenvalue weighted by Crippen LogP contribution is 2.43. The molecule has 17 nitrogen and oxygen atoms in total. The number of Topliss-reactive ketones (excluding diaryl/α,β-unsaturated/α-hetero) is 1. The average molecular weight is 1120 g/mol. The fourth-order valence-electron chi connectivity index (χ4n) is 10.0. The molecule has 4 heterocycles. The minimum atomic E-state index is -4.06. The lowest BCUT2D eigenvalue weighted by Crippen LogP contribution is -2.39. The average Bonchev–Trinajstić information content (AvgIpc) is 4.09. The Morgan fingerprint density at radius 1 is 0.769 bits per heavy atom. The lowest BCUT2D eigenvalue weighted by Gasteiger charge is -2.23. The first-order valence-electron chi connectivity index (χ1n) is 25.7. The Balaban J connectivity index is 0.892. The normalized spacial score (nSPS) is 16.9. The number of ether oxygens (including phenoxy) is 3. The third kappa shape index (κ3) is 12.2. The molecule has 4 atom stereocenters. The van der Waals surface area contributed by atoms with Crippen LogP contribution in [0.1, 0.15) is 95.0 Å². The number of methoxy groups -OCH3 is 1. The lowest BCUT2D eigenvalue weighted by molar-refractivity contribution is -0.125. The van der Waals surface area contributed by atoms with Gasteiger partial charge < -0.3 is 24.8 Å². The first-order valence-corrected chi connectivity index (χ1v) is 29.5. The van der Waals surface area contributed by atoms with E-state index in [2.05, 4.69) is 14.8 Å². The van der Waals surface area contributed by atoms with E-state index in [0.717, 1.165) is 35.2 Å². The number of hydrogen-bond donors (Lipinski definition) is 2. The second kappa shape index (κ2) is 23.5. The molecule has 78 heavy (non-hydrogen) atoms. The van der Waals surface area contributed by atoms with Crippen molar-refractivity contribution in [2.75, 3.05) is 42.1 Å². The molecule has 0 aliphatic carbocycles. The van der Waals surface area contributed by atoms with Gasteiger partial charge in [0.05, 0.1) is 48.8 Å². The number of rotatable bonds is 22. The van der Waals surface area contributed by atoms with Gasteiger partial charge in [0.15, 0.2) is 16.7 Å². The van der Waals surface area contributed by atoms with Crippen molar-refractivity contribution >= 4 is 102 Å². The van der Waals surface area contributed by atoms with E-state index in [1.54, 1.807) is 53.3 Å². The van der Waals surface area contributed by atoms with E-state index in [1.807, 2.05) is 87.6 Å². The molecule has 4 amide bonds. The van der Waals surface area contributed by atoms with E-state index < -0.39 is 27.2 Å². The monoisotopic (exact) mass is 1110 g/mol. The van der Waals surface area contributed by atoms with Crippen molar-refractivity contribution < 1.29 is 50.8 Å². The fourth-order valence-corrected chi connectivity index (χ4v) is 13.9. The van der Waals surface area contributed by atoms with Gasteiger partial charge in [-0.2, -0.15) is 8.42 Å². The first kappa shape index (κ1) is 55.7. The van der Waals surface area contributed by atoms with E-state index in [1.165, 1.54) is 35.7 Å². The molecular weight excluding hydrogens is 1050 g/mol. The third-order valence-corrected chi connectivity index (χ3v) is 19.2. The minimum Gasteiger partial charge on any atom is -0.493 e. The van der Waals surface area contributed by atoms with Crippen LogP contribution in [0.4, 0.5) is 28.4 Å². The van der Waals surface area contributed by atoms with Gasteiger partial charge in [-0.15, -0.1) is 0 Å². The number of aryl methyl sites for hydroxylation is 1. The van der Waals surface area contributed by atoms with Gasteiger partial charge in [0.1, 0.15) is 24.7 Å². The molecule has 0 fully saturated rings. The summed E-state index contributed by atoms with van der Waals surface area (Å²) in [5, 5.41) is 4.07. The molecule has 5 aromatic rings. The summed E-state index contributed by atoms with van der Waals surface area (Å²) in [5.41, 5.74) is 8.26. The Labute approximate surface area is 462 Å². The molecule has 0 spiro atoms. The highest BCUT2D eigenvalue weighted by Gasteiger charge is 2.38. The Morgan fingerprint density at radius 3 is 1.91 bits per heavy atom. The molecule has 5 aromatic carbocycles. The smallest absolute Gasteiger partial charge is 0.279 e. The number of benzene rings is 5. The van der Waals surface area contributed by atoms with Gasteiger partial charge in [-0.05, 0) is 104 Å². The SMILES string of the molecule is CNC(=O)C(CCSSC(C)(C)CCC(=O)C[C@@H](C)C(=O)Nc1cc(COc2cc3c(cc2C)C(=O)N2c4ccccc4C[C@H]2C=N3)cc(COc2cc3c(cc2OC)C(=O)N2c4ccccc4C[C@H]2C=N3)c1)S(=O)(=O)OC. The predicted molar refractivity (Wildman–Crippen MR) is 306 cm³/mol. The first-order chi connectivity index (χ1) is 37.4. The van der Waals surface area contributed by atoms with E-state index in [0.29, 0.717) is 81.6 Å². The molecule has 2 N–H and O–H groups in total. The van der Waals surface area contributed by atoms with Crippen molar-refractivity contribution in [2.45, 2.75) is 102 Å². The largest absolute Gasteiger partial charge is 0.493 e. The number of nitrogens with zero attached hydrogens (tertiary/aromatic N) is 4. The number of aliphatic imine (C=N–C) groups is 2. The van der Waals surface area contributed by atoms with E-state index >= 15 is 0 Å². The number of anilines is 3. The molecule has 20 heteroatoms. The maximum Gasteiger partial charge on any atom is 0.279 e. The molecule has 4 aliphatic heterocycles. The second-order valence-corrected chi connectivity index (χ2v) is 25.3. The maximum absolute atomic E-state index is 14.1. The van der Waals surface area contributed by atoms with Crippen LogP contribution in [0.3, 0.4) is 0 Å². The highest BCUT2D eigenvalue weighted by molar-refractivity contribution is 8.77. The van der Waals surface area contributed by atoms with Gasteiger partial charge in [-0.1, -0.05) is 64.9 Å². The number of nitrogens with one attached hydrogen (secondary N) is 2. The Morgan fingerprint density at radius 2 is 1.33 bits per heavy atom. The number of para-hydroxylation sites is 2. The molecule has 1 unspecified atom stereocenters. The Kier molecular flexibility index (Phi) is 16.8.